The van der Waals surface area contributed by atoms with Crippen molar-refractivity contribution in [3.05, 3.63) is 59.2 Å². The van der Waals surface area contributed by atoms with Gasteiger partial charge in [0.15, 0.2) is 6.10 Å². The fraction of sp³-hybridized carbons (Fsp3) is 0.458. The van der Waals surface area contributed by atoms with E-state index in [4.69, 9.17) is 9.47 Å². The maximum absolute atomic E-state index is 12.9. The van der Waals surface area contributed by atoms with Gasteiger partial charge < -0.3 is 14.8 Å². The van der Waals surface area contributed by atoms with Crippen LogP contribution in [0, 0.1) is 13.8 Å². The minimum Gasteiger partial charge on any atom is -0.487 e. The number of fused-ring (bicyclic) bond motifs is 1. The van der Waals surface area contributed by atoms with Crippen LogP contribution in [0.3, 0.4) is 0 Å². The van der Waals surface area contributed by atoms with E-state index in [0.29, 0.717) is 0 Å². The van der Waals surface area contributed by atoms with Gasteiger partial charge in [-0.05, 0) is 62.9 Å². The maximum Gasteiger partial charge on any atom is 0.261 e. The molecule has 150 valence electrons. The zero-order valence-electron chi connectivity index (χ0n) is 17.5. The van der Waals surface area contributed by atoms with Crippen molar-refractivity contribution >= 4 is 5.91 Å². The van der Waals surface area contributed by atoms with Gasteiger partial charge in [-0.25, -0.2) is 0 Å². The summed E-state index contributed by atoms with van der Waals surface area (Å²) < 4.78 is 12.2. The van der Waals surface area contributed by atoms with E-state index in [0.717, 1.165) is 41.9 Å². The molecule has 28 heavy (non-hydrogen) atoms. The predicted octanol–water partition coefficient (Wildman–Crippen LogP) is 5.27. The number of hydrogen-bond donors (Lipinski definition) is 1. The highest BCUT2D eigenvalue weighted by molar-refractivity contribution is 5.81. The first-order chi connectivity index (χ1) is 13.4. The molecule has 2 aromatic rings. The normalized spacial score (nSPS) is 18.5. The molecular formula is C24H31NO3. The highest BCUT2D eigenvalue weighted by atomic mass is 16.5. The molecule has 1 amide bonds. The van der Waals surface area contributed by atoms with Crippen LogP contribution in [0.4, 0.5) is 0 Å². The fourth-order valence-corrected chi connectivity index (χ4v) is 3.76. The third-order valence-electron chi connectivity index (χ3n) is 5.96. The Morgan fingerprint density at radius 2 is 1.89 bits per heavy atom. The first-order valence-corrected chi connectivity index (χ1v) is 10.2. The molecule has 4 heteroatoms. The van der Waals surface area contributed by atoms with Crippen molar-refractivity contribution in [3.8, 4) is 11.5 Å². The number of aryl methyl sites for hydroxylation is 2. The Labute approximate surface area is 168 Å². The average molecular weight is 382 g/mol. The van der Waals surface area contributed by atoms with E-state index >= 15 is 0 Å². The van der Waals surface area contributed by atoms with Gasteiger partial charge in [0.2, 0.25) is 0 Å². The Bertz CT molecular complexity index is 841. The Kier molecular flexibility index (Phi) is 5.97. The largest absolute Gasteiger partial charge is 0.487 e. The molecule has 0 saturated heterocycles. The second-order valence-electron chi connectivity index (χ2n) is 7.80. The third-order valence-corrected chi connectivity index (χ3v) is 5.96. The summed E-state index contributed by atoms with van der Waals surface area (Å²) in [6.45, 7) is 10.2. The summed E-state index contributed by atoms with van der Waals surface area (Å²) in [4.78, 5) is 12.9. The lowest BCUT2D eigenvalue weighted by Gasteiger charge is -2.41. The number of benzene rings is 2. The average Bonchev–Trinajstić information content (AvgIpc) is 2.70. The molecule has 4 nitrogen and oxygen atoms in total. The van der Waals surface area contributed by atoms with E-state index in [9.17, 15) is 4.79 Å². The van der Waals surface area contributed by atoms with Gasteiger partial charge in [-0.15, -0.1) is 0 Å². The molecule has 3 rings (SSSR count). The second-order valence-corrected chi connectivity index (χ2v) is 7.80. The van der Waals surface area contributed by atoms with E-state index in [1.165, 1.54) is 5.56 Å². The van der Waals surface area contributed by atoms with Crippen LogP contribution in [0.5, 0.6) is 11.5 Å². The molecule has 1 N–H and O–H groups in total. The summed E-state index contributed by atoms with van der Waals surface area (Å²) in [5.41, 5.74) is 3.15. The first-order valence-electron chi connectivity index (χ1n) is 10.2. The highest BCUT2D eigenvalue weighted by Crippen LogP contribution is 2.42. The standard InChI is InChI=1S/C24H31NO3/c1-6-24(7-2)15-21(20-10-8-9-11-22(20)28-24)25-23(26)18(5)27-19-13-12-16(3)17(4)14-19/h8-14,18,21H,6-7,15H2,1-5H3,(H,25,26)/t18-,21-/m0/s1. The number of nitrogens with one attached hydrogen (secondary N) is 1. The Hall–Kier alpha value is -2.49. The molecule has 2 atom stereocenters. The summed E-state index contributed by atoms with van der Waals surface area (Å²) in [6.07, 6.45) is 1.99. The molecule has 1 aliphatic rings. The molecule has 1 heterocycles. The monoisotopic (exact) mass is 381 g/mol. The Morgan fingerprint density at radius 1 is 1.18 bits per heavy atom. The number of ether oxygens (including phenoxy) is 2. The van der Waals surface area contributed by atoms with Crippen LogP contribution in [-0.4, -0.2) is 17.6 Å². The highest BCUT2D eigenvalue weighted by Gasteiger charge is 2.39. The second kappa shape index (κ2) is 8.26. The van der Waals surface area contributed by atoms with Gasteiger partial charge >= 0.3 is 0 Å². The van der Waals surface area contributed by atoms with Crippen molar-refractivity contribution in [3.63, 3.8) is 0 Å². The number of para-hydroxylation sites is 1. The lowest BCUT2D eigenvalue weighted by molar-refractivity contribution is -0.128. The van der Waals surface area contributed by atoms with E-state index < -0.39 is 6.10 Å². The van der Waals surface area contributed by atoms with Gasteiger partial charge in [0, 0.05) is 12.0 Å². The molecule has 2 aromatic carbocycles. The van der Waals surface area contributed by atoms with Crippen LogP contribution in [0.25, 0.3) is 0 Å². The van der Waals surface area contributed by atoms with Gasteiger partial charge in [0.05, 0.1) is 6.04 Å². The molecule has 1 aliphatic heterocycles. The van der Waals surface area contributed by atoms with Gasteiger partial charge in [-0.3, -0.25) is 4.79 Å². The summed E-state index contributed by atoms with van der Waals surface area (Å²) in [5, 5.41) is 3.20. The summed E-state index contributed by atoms with van der Waals surface area (Å²) >= 11 is 0. The van der Waals surface area contributed by atoms with Crippen LogP contribution in [0.1, 0.15) is 62.8 Å². The van der Waals surface area contributed by atoms with E-state index in [2.05, 4.69) is 26.1 Å². The van der Waals surface area contributed by atoms with Crippen molar-refractivity contribution in [2.75, 3.05) is 0 Å². The summed E-state index contributed by atoms with van der Waals surface area (Å²) in [5.74, 6) is 1.47. The molecule has 0 unspecified atom stereocenters. The number of carbonyl (C=O) groups excluding carboxylic acids is 1. The molecule has 0 spiro atoms. The van der Waals surface area contributed by atoms with Gasteiger partial charge in [0.1, 0.15) is 17.1 Å². The molecule has 0 aliphatic carbocycles. The topological polar surface area (TPSA) is 47.6 Å². The number of hydrogen-bond acceptors (Lipinski definition) is 3. The zero-order valence-corrected chi connectivity index (χ0v) is 17.5. The van der Waals surface area contributed by atoms with E-state index in [1.807, 2.05) is 49.4 Å². The third kappa shape index (κ3) is 4.16. The first kappa shape index (κ1) is 20.2. The fourth-order valence-electron chi connectivity index (χ4n) is 3.76. The van der Waals surface area contributed by atoms with Crippen molar-refractivity contribution in [2.24, 2.45) is 0 Å². The van der Waals surface area contributed by atoms with Crippen molar-refractivity contribution < 1.29 is 14.3 Å². The van der Waals surface area contributed by atoms with Gasteiger partial charge in [0.25, 0.3) is 5.91 Å². The summed E-state index contributed by atoms with van der Waals surface area (Å²) in [6, 6.07) is 13.8. The van der Waals surface area contributed by atoms with Gasteiger partial charge in [-0.2, -0.15) is 0 Å². The minimum atomic E-state index is -0.574. The SMILES string of the molecule is CCC1(CC)C[C@H](NC(=O)[C@H](C)Oc2ccc(C)c(C)c2)c2ccccc2O1. The van der Waals surface area contributed by atoms with Crippen LogP contribution in [0.15, 0.2) is 42.5 Å². The van der Waals surface area contributed by atoms with E-state index in [-0.39, 0.29) is 17.6 Å². The predicted molar refractivity (Wildman–Crippen MR) is 112 cm³/mol. The quantitative estimate of drug-likeness (QED) is 0.741. The minimum absolute atomic E-state index is 0.0804. The molecule has 0 fully saturated rings. The number of rotatable bonds is 6. The number of amides is 1. The van der Waals surface area contributed by atoms with E-state index in [1.54, 1.807) is 6.92 Å². The van der Waals surface area contributed by atoms with Crippen molar-refractivity contribution in [1.29, 1.82) is 0 Å². The van der Waals surface area contributed by atoms with Crippen LogP contribution < -0.4 is 14.8 Å². The van der Waals surface area contributed by atoms with Gasteiger partial charge in [-0.1, -0.05) is 38.1 Å². The zero-order chi connectivity index (χ0) is 20.3. The Morgan fingerprint density at radius 3 is 2.57 bits per heavy atom. The lowest BCUT2D eigenvalue weighted by atomic mass is 9.83. The smallest absolute Gasteiger partial charge is 0.261 e. The summed E-state index contributed by atoms with van der Waals surface area (Å²) in [7, 11) is 0. The maximum atomic E-state index is 12.9. The molecule has 0 saturated carbocycles. The van der Waals surface area contributed by atoms with Crippen molar-refractivity contribution in [1.82, 2.24) is 5.32 Å². The van der Waals surface area contributed by atoms with Crippen LogP contribution in [0.2, 0.25) is 0 Å². The number of carbonyl (C=O) groups is 1. The Balaban J connectivity index is 1.75. The van der Waals surface area contributed by atoms with Crippen LogP contribution in [-0.2, 0) is 4.79 Å². The molecule has 0 bridgehead atoms. The van der Waals surface area contributed by atoms with Crippen LogP contribution >= 0.6 is 0 Å². The molecule has 0 aromatic heterocycles. The molecule has 0 radical (unpaired) electrons. The lowest BCUT2D eigenvalue weighted by Crippen LogP contribution is -2.46. The molecular weight excluding hydrogens is 350 g/mol. The van der Waals surface area contributed by atoms with Crippen molar-refractivity contribution in [2.45, 2.75) is 71.6 Å².